The van der Waals surface area contributed by atoms with Crippen LogP contribution in [0.5, 0.6) is 0 Å². The Kier molecular flexibility index (Phi) is 5.25. The van der Waals surface area contributed by atoms with Crippen molar-refractivity contribution in [2.45, 2.75) is 25.3 Å². The number of carbonyl (C=O) groups excluding carboxylic acids is 3. The minimum Gasteiger partial charge on any atom is -0.452 e. The van der Waals surface area contributed by atoms with E-state index < -0.39 is 47.6 Å². The van der Waals surface area contributed by atoms with Gasteiger partial charge in [-0.05, 0) is 31.4 Å². The van der Waals surface area contributed by atoms with Crippen LogP contribution >= 0.6 is 0 Å². The Hall–Kier alpha value is -2.51. The number of esters is 1. The molecule has 0 aromatic heterocycles. The number of primary amides is 1. The first kappa shape index (κ1) is 16.9. The minimum absolute atomic E-state index is 0.318. The molecule has 0 unspecified atom stereocenters. The third-order valence-corrected chi connectivity index (χ3v) is 3.65. The second-order valence-electron chi connectivity index (χ2n) is 5.17. The lowest BCUT2D eigenvalue weighted by atomic mass is 10.0. The Morgan fingerprint density at radius 3 is 2.48 bits per heavy atom. The van der Waals surface area contributed by atoms with Crippen LogP contribution in [0.3, 0.4) is 0 Å². The molecule has 0 aliphatic carbocycles. The molecule has 0 bridgehead atoms. The molecule has 2 rings (SSSR count). The van der Waals surface area contributed by atoms with E-state index in [9.17, 15) is 23.2 Å². The molecule has 1 atom stereocenters. The fourth-order valence-corrected chi connectivity index (χ4v) is 2.50. The lowest BCUT2D eigenvalue weighted by molar-refractivity contribution is -0.143. The number of hydrogen-bond acceptors (Lipinski definition) is 4. The summed E-state index contributed by atoms with van der Waals surface area (Å²) in [6, 6.07) is 2.18. The van der Waals surface area contributed by atoms with E-state index in [1.54, 1.807) is 0 Å². The molecule has 1 aromatic carbocycles. The van der Waals surface area contributed by atoms with Gasteiger partial charge in [-0.2, -0.15) is 0 Å². The highest BCUT2D eigenvalue weighted by atomic mass is 19.1. The summed E-state index contributed by atoms with van der Waals surface area (Å²) < 4.78 is 31.6. The zero-order chi connectivity index (χ0) is 17.0. The summed E-state index contributed by atoms with van der Waals surface area (Å²) in [6.45, 7) is -0.394. The van der Waals surface area contributed by atoms with Crippen molar-refractivity contribution in [3.8, 4) is 0 Å². The van der Waals surface area contributed by atoms with Gasteiger partial charge >= 0.3 is 5.97 Å². The maximum atomic E-state index is 13.5. The standard InChI is InChI=1S/C15H16F2N2O4/c16-9-4-3-5-10(17)13(9)15(22)23-8-12(20)19-7-2-1-6-11(19)14(18)21/h3-5,11H,1-2,6-8H2,(H2,18,21)/t11-/m0/s1. The van der Waals surface area contributed by atoms with Gasteiger partial charge in [0.05, 0.1) is 0 Å². The lowest BCUT2D eigenvalue weighted by Crippen LogP contribution is -2.51. The summed E-state index contributed by atoms with van der Waals surface area (Å²) in [5.74, 6) is -4.68. The van der Waals surface area contributed by atoms with Crippen molar-refractivity contribution in [3.63, 3.8) is 0 Å². The molecule has 0 radical (unpaired) electrons. The summed E-state index contributed by atoms with van der Waals surface area (Å²) in [5, 5.41) is 0. The highest BCUT2D eigenvalue weighted by molar-refractivity contribution is 5.92. The van der Waals surface area contributed by atoms with Crippen molar-refractivity contribution >= 4 is 17.8 Å². The zero-order valence-electron chi connectivity index (χ0n) is 12.3. The normalized spacial score (nSPS) is 17.7. The quantitative estimate of drug-likeness (QED) is 0.836. The SMILES string of the molecule is NC(=O)[C@@H]1CCCCN1C(=O)COC(=O)c1c(F)cccc1F. The van der Waals surface area contributed by atoms with Crippen molar-refractivity contribution in [3.05, 3.63) is 35.4 Å². The number of likely N-dealkylation sites (tertiary alicyclic amines) is 1. The Labute approximate surface area is 131 Å². The third kappa shape index (κ3) is 3.82. The number of nitrogens with two attached hydrogens (primary N) is 1. The highest BCUT2D eigenvalue weighted by Crippen LogP contribution is 2.18. The van der Waals surface area contributed by atoms with Gasteiger partial charge in [-0.25, -0.2) is 13.6 Å². The number of halogens is 2. The second-order valence-corrected chi connectivity index (χ2v) is 5.17. The van der Waals surface area contributed by atoms with Crippen LogP contribution in [0.1, 0.15) is 29.6 Å². The smallest absolute Gasteiger partial charge is 0.344 e. The van der Waals surface area contributed by atoms with Crippen molar-refractivity contribution < 1.29 is 27.9 Å². The molecule has 124 valence electrons. The topological polar surface area (TPSA) is 89.7 Å². The summed E-state index contributed by atoms with van der Waals surface area (Å²) in [7, 11) is 0. The maximum Gasteiger partial charge on any atom is 0.344 e. The molecule has 1 aliphatic heterocycles. The zero-order valence-corrected chi connectivity index (χ0v) is 12.3. The van der Waals surface area contributed by atoms with Gasteiger partial charge in [0.2, 0.25) is 5.91 Å². The molecule has 2 N–H and O–H groups in total. The molecule has 1 aliphatic rings. The predicted octanol–water partition coefficient (Wildman–Crippen LogP) is 0.988. The van der Waals surface area contributed by atoms with Gasteiger partial charge in [-0.3, -0.25) is 9.59 Å². The van der Waals surface area contributed by atoms with Crippen LogP contribution in [0.2, 0.25) is 0 Å². The van der Waals surface area contributed by atoms with Crippen LogP contribution in [-0.4, -0.2) is 41.9 Å². The third-order valence-electron chi connectivity index (χ3n) is 3.65. The van der Waals surface area contributed by atoms with Crippen molar-refractivity contribution in [1.82, 2.24) is 4.90 Å². The van der Waals surface area contributed by atoms with E-state index in [1.807, 2.05) is 0 Å². The van der Waals surface area contributed by atoms with E-state index in [2.05, 4.69) is 4.74 Å². The molecule has 23 heavy (non-hydrogen) atoms. The summed E-state index contributed by atoms with van der Waals surface area (Å²) in [4.78, 5) is 36.4. The molecule has 1 aromatic rings. The average molecular weight is 326 g/mol. The fourth-order valence-electron chi connectivity index (χ4n) is 2.50. The first-order valence-electron chi connectivity index (χ1n) is 7.11. The van der Waals surface area contributed by atoms with E-state index in [0.717, 1.165) is 24.6 Å². The number of piperidine rings is 1. The molecule has 2 amide bonds. The van der Waals surface area contributed by atoms with Gasteiger partial charge in [0.1, 0.15) is 23.2 Å². The van der Waals surface area contributed by atoms with Crippen LogP contribution < -0.4 is 5.73 Å². The van der Waals surface area contributed by atoms with Gasteiger partial charge in [0.25, 0.3) is 5.91 Å². The first-order valence-corrected chi connectivity index (χ1v) is 7.11. The van der Waals surface area contributed by atoms with Crippen molar-refractivity contribution in [2.75, 3.05) is 13.2 Å². The Bertz CT molecular complexity index is 616. The number of carbonyl (C=O) groups is 3. The van der Waals surface area contributed by atoms with Gasteiger partial charge in [0, 0.05) is 6.54 Å². The van der Waals surface area contributed by atoms with Crippen LogP contribution in [0.25, 0.3) is 0 Å². The monoisotopic (exact) mass is 326 g/mol. The lowest BCUT2D eigenvalue weighted by Gasteiger charge is -2.33. The summed E-state index contributed by atoms with van der Waals surface area (Å²) in [5.41, 5.74) is 4.39. The Morgan fingerprint density at radius 2 is 1.87 bits per heavy atom. The van der Waals surface area contributed by atoms with E-state index in [0.29, 0.717) is 19.4 Å². The summed E-state index contributed by atoms with van der Waals surface area (Å²) in [6.07, 6.45) is 1.90. The fraction of sp³-hybridized carbons (Fsp3) is 0.400. The van der Waals surface area contributed by atoms with Crippen LogP contribution in [0.4, 0.5) is 8.78 Å². The number of hydrogen-bond donors (Lipinski definition) is 1. The van der Waals surface area contributed by atoms with Gasteiger partial charge in [0.15, 0.2) is 6.61 Å². The minimum atomic E-state index is -1.28. The molecule has 8 heteroatoms. The van der Waals surface area contributed by atoms with Crippen LogP contribution in [0.15, 0.2) is 18.2 Å². The molecule has 0 saturated carbocycles. The molecule has 6 nitrogen and oxygen atoms in total. The van der Waals surface area contributed by atoms with Crippen molar-refractivity contribution in [2.24, 2.45) is 5.73 Å². The second kappa shape index (κ2) is 7.17. The van der Waals surface area contributed by atoms with E-state index >= 15 is 0 Å². The van der Waals surface area contributed by atoms with Gasteiger partial charge in [-0.15, -0.1) is 0 Å². The van der Waals surface area contributed by atoms with Crippen LogP contribution in [-0.2, 0) is 14.3 Å². The molecular formula is C15H16F2N2O4. The summed E-state index contributed by atoms with van der Waals surface area (Å²) >= 11 is 0. The average Bonchev–Trinajstić information content (AvgIpc) is 2.52. The number of nitrogens with zero attached hydrogens (tertiary/aromatic N) is 1. The molecule has 1 saturated heterocycles. The Morgan fingerprint density at radius 1 is 1.22 bits per heavy atom. The Balaban J connectivity index is 2.01. The van der Waals surface area contributed by atoms with E-state index in [-0.39, 0.29) is 0 Å². The maximum absolute atomic E-state index is 13.5. The predicted molar refractivity (Wildman–Crippen MR) is 75.2 cm³/mol. The molecule has 1 fully saturated rings. The van der Waals surface area contributed by atoms with Crippen molar-refractivity contribution in [1.29, 1.82) is 0 Å². The van der Waals surface area contributed by atoms with E-state index in [4.69, 9.17) is 5.73 Å². The number of ether oxygens (including phenoxy) is 1. The highest BCUT2D eigenvalue weighted by Gasteiger charge is 2.31. The molecule has 1 heterocycles. The van der Waals surface area contributed by atoms with Gasteiger partial charge < -0.3 is 15.4 Å². The van der Waals surface area contributed by atoms with Gasteiger partial charge in [-0.1, -0.05) is 6.07 Å². The number of rotatable bonds is 4. The number of benzene rings is 1. The molecular weight excluding hydrogens is 310 g/mol. The van der Waals surface area contributed by atoms with Crippen LogP contribution in [0, 0.1) is 11.6 Å². The largest absolute Gasteiger partial charge is 0.452 e. The van der Waals surface area contributed by atoms with E-state index in [1.165, 1.54) is 4.90 Å². The first-order chi connectivity index (χ1) is 10.9. The number of amides is 2. The molecule has 0 spiro atoms.